The summed E-state index contributed by atoms with van der Waals surface area (Å²) in [6.07, 6.45) is -0.605. The van der Waals surface area contributed by atoms with Gasteiger partial charge in [-0.25, -0.2) is 13.2 Å². The molecule has 0 fully saturated rings. The van der Waals surface area contributed by atoms with Gasteiger partial charge in [0.15, 0.2) is 23.5 Å². The van der Waals surface area contributed by atoms with E-state index >= 15 is 0 Å². The summed E-state index contributed by atoms with van der Waals surface area (Å²) >= 11 is 0. The van der Waals surface area contributed by atoms with Gasteiger partial charge in [0.2, 0.25) is 0 Å². The van der Waals surface area contributed by atoms with Crippen molar-refractivity contribution in [3.05, 3.63) is 29.6 Å². The van der Waals surface area contributed by atoms with Gasteiger partial charge < -0.3 is 10.1 Å². The normalized spacial score (nSPS) is 16.4. The van der Waals surface area contributed by atoms with Gasteiger partial charge in [-0.1, -0.05) is 0 Å². The van der Waals surface area contributed by atoms with Crippen LogP contribution in [-0.4, -0.2) is 25.0 Å². The van der Waals surface area contributed by atoms with E-state index in [0.717, 1.165) is 0 Å². The SMILES string of the molecule is CC(Oc1c(F)cc(F)cc1F)C1=NCCN1. The van der Waals surface area contributed by atoms with E-state index in [1.807, 2.05) is 0 Å². The molecule has 1 atom stereocenters. The van der Waals surface area contributed by atoms with Gasteiger partial charge in [-0.2, -0.15) is 0 Å². The maximum Gasteiger partial charge on any atom is 0.191 e. The number of hydrogen-bond acceptors (Lipinski definition) is 3. The third kappa shape index (κ3) is 2.51. The van der Waals surface area contributed by atoms with Gasteiger partial charge in [0.05, 0.1) is 6.54 Å². The van der Waals surface area contributed by atoms with Crippen LogP contribution in [0.25, 0.3) is 0 Å². The lowest BCUT2D eigenvalue weighted by Gasteiger charge is -2.16. The molecule has 0 radical (unpaired) electrons. The van der Waals surface area contributed by atoms with Crippen molar-refractivity contribution in [3.8, 4) is 5.75 Å². The third-order valence-corrected chi connectivity index (χ3v) is 2.34. The van der Waals surface area contributed by atoms with E-state index in [-0.39, 0.29) is 0 Å². The summed E-state index contributed by atoms with van der Waals surface area (Å²) in [5.41, 5.74) is 0. The average Bonchev–Trinajstić information content (AvgIpc) is 2.76. The van der Waals surface area contributed by atoms with E-state index in [1.54, 1.807) is 6.92 Å². The van der Waals surface area contributed by atoms with Gasteiger partial charge in [-0.3, -0.25) is 4.99 Å². The minimum Gasteiger partial charge on any atom is -0.477 e. The molecular formula is C11H11F3N2O. The van der Waals surface area contributed by atoms with Crippen molar-refractivity contribution in [1.82, 2.24) is 5.32 Å². The lowest BCUT2D eigenvalue weighted by molar-refractivity contribution is 0.254. The highest BCUT2D eigenvalue weighted by molar-refractivity contribution is 5.87. The summed E-state index contributed by atoms with van der Waals surface area (Å²) in [7, 11) is 0. The first-order valence-electron chi connectivity index (χ1n) is 5.17. The van der Waals surface area contributed by atoms with Crippen LogP contribution in [0.1, 0.15) is 6.92 Å². The Morgan fingerprint density at radius 3 is 2.47 bits per heavy atom. The number of benzene rings is 1. The molecule has 1 N–H and O–H groups in total. The number of amidine groups is 1. The van der Waals surface area contributed by atoms with Crippen LogP contribution >= 0.6 is 0 Å². The van der Waals surface area contributed by atoms with Crippen LogP contribution < -0.4 is 10.1 Å². The molecule has 0 saturated carbocycles. The summed E-state index contributed by atoms with van der Waals surface area (Å²) in [6, 6.07) is 1.16. The second-order valence-electron chi connectivity index (χ2n) is 3.65. The third-order valence-electron chi connectivity index (χ3n) is 2.34. The zero-order chi connectivity index (χ0) is 12.4. The second-order valence-corrected chi connectivity index (χ2v) is 3.65. The highest BCUT2D eigenvalue weighted by Crippen LogP contribution is 2.24. The minimum atomic E-state index is -1.06. The monoisotopic (exact) mass is 244 g/mol. The molecule has 0 saturated heterocycles. The second kappa shape index (κ2) is 4.65. The first kappa shape index (κ1) is 11.8. The Kier molecular flexibility index (Phi) is 3.21. The van der Waals surface area contributed by atoms with E-state index in [4.69, 9.17) is 4.74 Å². The molecule has 0 spiro atoms. The number of halogens is 3. The first-order chi connectivity index (χ1) is 8.08. The molecule has 92 valence electrons. The largest absolute Gasteiger partial charge is 0.477 e. The Hall–Kier alpha value is -1.72. The molecule has 1 aliphatic rings. The zero-order valence-corrected chi connectivity index (χ0v) is 9.14. The van der Waals surface area contributed by atoms with Crippen molar-refractivity contribution in [2.24, 2.45) is 4.99 Å². The molecule has 17 heavy (non-hydrogen) atoms. The Morgan fingerprint density at radius 2 is 1.94 bits per heavy atom. The Balaban J connectivity index is 2.18. The fraction of sp³-hybridized carbons (Fsp3) is 0.364. The fourth-order valence-electron chi connectivity index (χ4n) is 1.56. The molecule has 0 aromatic heterocycles. The molecule has 0 aliphatic carbocycles. The topological polar surface area (TPSA) is 33.6 Å². The smallest absolute Gasteiger partial charge is 0.191 e. The van der Waals surface area contributed by atoms with Gasteiger partial charge in [-0.05, 0) is 6.92 Å². The van der Waals surface area contributed by atoms with Crippen molar-refractivity contribution in [2.45, 2.75) is 13.0 Å². The average molecular weight is 244 g/mol. The Labute approximate surface area is 96.3 Å². The van der Waals surface area contributed by atoms with Crippen LogP contribution in [0.3, 0.4) is 0 Å². The predicted octanol–water partition coefficient (Wildman–Crippen LogP) is 1.87. The fourth-order valence-corrected chi connectivity index (χ4v) is 1.56. The van der Waals surface area contributed by atoms with Crippen molar-refractivity contribution < 1.29 is 17.9 Å². The van der Waals surface area contributed by atoms with Crippen molar-refractivity contribution in [3.63, 3.8) is 0 Å². The van der Waals surface area contributed by atoms with E-state index in [1.165, 1.54) is 0 Å². The van der Waals surface area contributed by atoms with Gasteiger partial charge in [0, 0.05) is 18.7 Å². The standard InChI is InChI=1S/C11H11F3N2O/c1-6(11-15-2-3-16-11)17-10-8(13)4-7(12)5-9(10)14/h4-6H,2-3H2,1H3,(H,15,16). The molecule has 1 unspecified atom stereocenters. The van der Waals surface area contributed by atoms with Crippen LogP contribution in [0, 0.1) is 17.5 Å². The molecule has 1 heterocycles. The van der Waals surface area contributed by atoms with Gasteiger partial charge in [0.25, 0.3) is 0 Å². The van der Waals surface area contributed by atoms with Gasteiger partial charge in [0.1, 0.15) is 11.7 Å². The quantitative estimate of drug-likeness (QED) is 0.880. The molecule has 0 bridgehead atoms. The number of hydrogen-bond donors (Lipinski definition) is 1. The number of rotatable bonds is 3. The van der Waals surface area contributed by atoms with E-state index < -0.39 is 29.3 Å². The Bertz CT molecular complexity index is 439. The highest BCUT2D eigenvalue weighted by Gasteiger charge is 2.20. The number of aliphatic imine (C=N–C) groups is 1. The van der Waals surface area contributed by atoms with Crippen LogP contribution in [0.4, 0.5) is 13.2 Å². The van der Waals surface area contributed by atoms with E-state index in [0.29, 0.717) is 31.1 Å². The number of nitrogens with zero attached hydrogens (tertiary/aromatic N) is 1. The van der Waals surface area contributed by atoms with Gasteiger partial charge >= 0.3 is 0 Å². The van der Waals surface area contributed by atoms with Crippen LogP contribution in [0.15, 0.2) is 17.1 Å². The lowest BCUT2D eigenvalue weighted by Crippen LogP contribution is -2.33. The van der Waals surface area contributed by atoms with Crippen LogP contribution in [0.5, 0.6) is 5.75 Å². The van der Waals surface area contributed by atoms with Crippen LogP contribution in [0.2, 0.25) is 0 Å². The molecule has 3 nitrogen and oxygen atoms in total. The van der Waals surface area contributed by atoms with Crippen molar-refractivity contribution >= 4 is 5.84 Å². The molecule has 2 rings (SSSR count). The summed E-state index contributed by atoms with van der Waals surface area (Å²) in [4.78, 5) is 4.07. The lowest BCUT2D eigenvalue weighted by atomic mass is 10.3. The Morgan fingerprint density at radius 1 is 1.29 bits per heavy atom. The summed E-state index contributed by atoms with van der Waals surface area (Å²) in [6.45, 7) is 2.90. The minimum absolute atomic E-state index is 0.535. The molecule has 1 aliphatic heterocycles. The molecule has 0 amide bonds. The van der Waals surface area contributed by atoms with E-state index in [2.05, 4.69) is 10.3 Å². The summed E-state index contributed by atoms with van der Waals surface area (Å²) in [5, 5.41) is 2.93. The molecular weight excluding hydrogens is 233 g/mol. The highest BCUT2D eigenvalue weighted by atomic mass is 19.1. The predicted molar refractivity (Wildman–Crippen MR) is 56.7 cm³/mol. The molecule has 6 heteroatoms. The van der Waals surface area contributed by atoms with Crippen molar-refractivity contribution in [2.75, 3.05) is 13.1 Å². The van der Waals surface area contributed by atoms with Crippen molar-refractivity contribution in [1.29, 1.82) is 0 Å². The maximum atomic E-state index is 13.3. The molecule has 1 aromatic rings. The number of nitrogens with one attached hydrogen (secondary N) is 1. The summed E-state index contributed by atoms with van der Waals surface area (Å²) < 4.78 is 44.4. The van der Waals surface area contributed by atoms with E-state index in [9.17, 15) is 13.2 Å². The van der Waals surface area contributed by atoms with Gasteiger partial charge in [-0.15, -0.1) is 0 Å². The summed E-state index contributed by atoms with van der Waals surface area (Å²) in [5.74, 6) is -3.15. The zero-order valence-electron chi connectivity index (χ0n) is 9.14. The first-order valence-corrected chi connectivity index (χ1v) is 5.17. The van der Waals surface area contributed by atoms with Crippen LogP contribution in [-0.2, 0) is 0 Å². The number of ether oxygens (including phenoxy) is 1. The maximum absolute atomic E-state index is 13.3. The molecule has 1 aromatic carbocycles.